The quantitative estimate of drug-likeness (QED) is 0.401. The summed E-state index contributed by atoms with van der Waals surface area (Å²) in [5.74, 6) is 0.413. The monoisotopic (exact) mass is 476 g/mol. The Kier molecular flexibility index (Phi) is 12.2. The van der Waals surface area contributed by atoms with Gasteiger partial charge in [-0.1, -0.05) is 94.7 Å². The Labute approximate surface area is 205 Å². The summed E-state index contributed by atoms with van der Waals surface area (Å²) < 4.78 is 19.2. The smallest absolute Gasteiger partial charge is 0.306 e. The predicted octanol–water partition coefficient (Wildman–Crippen LogP) is 8.30. The van der Waals surface area contributed by atoms with Crippen LogP contribution >= 0.6 is 0 Å². The van der Waals surface area contributed by atoms with Crippen molar-refractivity contribution in [3.05, 3.63) is 29.8 Å². The van der Waals surface area contributed by atoms with Crippen LogP contribution in [0.4, 0.5) is 0 Å². The highest BCUT2D eigenvalue weighted by molar-refractivity contribution is 7.85. The number of ether oxygens (including phenoxy) is 1. The van der Waals surface area contributed by atoms with Crippen LogP contribution in [0, 0.1) is 12.3 Å². The van der Waals surface area contributed by atoms with Crippen LogP contribution in [0.3, 0.4) is 0 Å². The summed E-state index contributed by atoms with van der Waals surface area (Å²) in [5.41, 5.74) is 0.431. The van der Waals surface area contributed by atoms with Crippen LogP contribution in [0.15, 0.2) is 29.2 Å². The van der Waals surface area contributed by atoms with Gasteiger partial charge in [0.05, 0.1) is 17.2 Å². The fourth-order valence-electron chi connectivity index (χ4n) is 5.00. The van der Waals surface area contributed by atoms with Crippen molar-refractivity contribution in [3.63, 3.8) is 0 Å². The zero-order chi connectivity index (χ0) is 24.2. The predicted molar refractivity (Wildman–Crippen MR) is 140 cm³/mol. The first-order valence-electron chi connectivity index (χ1n) is 13.4. The molecule has 1 saturated carbocycles. The summed E-state index contributed by atoms with van der Waals surface area (Å²) >= 11 is 0. The van der Waals surface area contributed by atoms with Crippen molar-refractivity contribution in [2.75, 3.05) is 5.75 Å². The molecule has 1 atom stereocenters. The molecule has 0 N–H and O–H groups in total. The molecule has 33 heavy (non-hydrogen) atoms. The summed E-state index contributed by atoms with van der Waals surface area (Å²) in [4.78, 5) is 13.9. The molecule has 0 aliphatic heterocycles. The molecule has 1 aliphatic rings. The summed E-state index contributed by atoms with van der Waals surface area (Å²) in [5, 5.41) is 0. The lowest BCUT2D eigenvalue weighted by Crippen LogP contribution is -2.34. The molecule has 0 heterocycles. The molecule has 1 unspecified atom stereocenters. The van der Waals surface area contributed by atoms with Crippen molar-refractivity contribution >= 4 is 16.8 Å². The lowest BCUT2D eigenvalue weighted by atomic mass is 9.76. The SMILES string of the molecule is Cc1ccc(S(=O)CC2(CC(=O)OC(C)(C)C)CCCCCCCCCCCCCC2)cc1. The number of carbonyl (C=O) groups excluding carboxylic acids is 1. The molecule has 0 spiro atoms. The third-order valence-corrected chi connectivity index (χ3v) is 8.50. The zero-order valence-electron chi connectivity index (χ0n) is 21.8. The number of carbonyl (C=O) groups is 1. The molecule has 0 bridgehead atoms. The minimum atomic E-state index is -1.12. The highest BCUT2D eigenvalue weighted by atomic mass is 32.2. The van der Waals surface area contributed by atoms with Gasteiger partial charge in [-0.05, 0) is 58.1 Å². The van der Waals surface area contributed by atoms with Gasteiger partial charge in [0, 0.05) is 10.6 Å². The Hall–Kier alpha value is -1.16. The number of hydrogen-bond donors (Lipinski definition) is 0. The van der Waals surface area contributed by atoms with Gasteiger partial charge in [-0.2, -0.15) is 0 Å². The first-order chi connectivity index (χ1) is 15.7. The van der Waals surface area contributed by atoms with Crippen LogP contribution in [-0.4, -0.2) is 21.5 Å². The van der Waals surface area contributed by atoms with Crippen LogP contribution in [-0.2, 0) is 20.3 Å². The van der Waals surface area contributed by atoms with Crippen LogP contribution in [0.2, 0.25) is 0 Å². The standard InChI is InChI=1S/C29H48O3S/c1-25-17-19-26(20-18-25)33(31)24-29(23-27(30)32-28(2,3)4)21-15-13-11-9-7-5-6-8-10-12-14-16-22-29/h17-20H,5-16,21-24H2,1-4H3. The molecule has 0 radical (unpaired) electrons. The second kappa shape index (κ2) is 14.3. The molecule has 1 aromatic carbocycles. The first-order valence-corrected chi connectivity index (χ1v) is 14.7. The Bertz CT molecular complexity index is 701. The molecular formula is C29H48O3S. The average Bonchev–Trinajstić information content (AvgIpc) is 2.73. The van der Waals surface area contributed by atoms with E-state index in [0.29, 0.717) is 12.2 Å². The molecule has 1 fully saturated rings. The molecule has 1 aromatic rings. The maximum atomic E-state index is 13.5. The Morgan fingerprint density at radius 1 is 0.818 bits per heavy atom. The number of aryl methyl sites for hydroxylation is 1. The maximum Gasteiger partial charge on any atom is 0.306 e. The van der Waals surface area contributed by atoms with Gasteiger partial charge in [-0.25, -0.2) is 0 Å². The van der Waals surface area contributed by atoms with Crippen molar-refractivity contribution in [2.45, 2.75) is 135 Å². The normalized spacial score (nSPS) is 20.2. The summed E-state index contributed by atoms with van der Waals surface area (Å²) in [7, 11) is -1.12. The minimum Gasteiger partial charge on any atom is -0.460 e. The largest absolute Gasteiger partial charge is 0.460 e. The summed E-state index contributed by atoms with van der Waals surface area (Å²) in [6.07, 6.45) is 17.5. The fourth-order valence-corrected chi connectivity index (χ4v) is 6.55. The summed E-state index contributed by atoms with van der Waals surface area (Å²) in [6.45, 7) is 7.84. The van der Waals surface area contributed by atoms with Gasteiger partial charge < -0.3 is 4.74 Å². The van der Waals surface area contributed by atoms with E-state index in [1.165, 1.54) is 69.8 Å². The molecule has 188 valence electrons. The molecule has 0 aromatic heterocycles. The molecule has 4 heteroatoms. The lowest BCUT2D eigenvalue weighted by molar-refractivity contribution is -0.157. The van der Waals surface area contributed by atoms with E-state index < -0.39 is 16.4 Å². The van der Waals surface area contributed by atoms with Crippen molar-refractivity contribution in [3.8, 4) is 0 Å². The summed E-state index contributed by atoms with van der Waals surface area (Å²) in [6, 6.07) is 8.03. The third-order valence-electron chi connectivity index (χ3n) is 6.82. The third kappa shape index (κ3) is 11.7. The van der Waals surface area contributed by atoms with Gasteiger partial charge in [-0.3, -0.25) is 9.00 Å². The zero-order valence-corrected chi connectivity index (χ0v) is 22.6. The fraction of sp³-hybridized carbons (Fsp3) is 0.759. The Morgan fingerprint density at radius 2 is 1.24 bits per heavy atom. The van der Waals surface area contributed by atoms with Gasteiger partial charge >= 0.3 is 5.97 Å². The Morgan fingerprint density at radius 3 is 1.67 bits per heavy atom. The molecule has 0 saturated heterocycles. The van der Waals surface area contributed by atoms with Crippen molar-refractivity contribution in [2.24, 2.45) is 5.41 Å². The van der Waals surface area contributed by atoms with Gasteiger partial charge in [0.1, 0.15) is 5.60 Å². The molecule has 2 rings (SSSR count). The molecule has 1 aliphatic carbocycles. The van der Waals surface area contributed by atoms with Crippen molar-refractivity contribution in [1.29, 1.82) is 0 Å². The highest BCUT2D eigenvalue weighted by Crippen LogP contribution is 2.38. The van der Waals surface area contributed by atoms with E-state index in [1.807, 2.05) is 45.0 Å². The number of benzene rings is 1. The van der Waals surface area contributed by atoms with Gasteiger partial charge in [0.25, 0.3) is 0 Å². The topological polar surface area (TPSA) is 43.4 Å². The van der Waals surface area contributed by atoms with Crippen molar-refractivity contribution < 1.29 is 13.7 Å². The number of esters is 1. The van der Waals surface area contributed by atoms with E-state index in [1.54, 1.807) is 0 Å². The average molecular weight is 477 g/mol. The molecule has 0 amide bonds. The lowest BCUT2D eigenvalue weighted by Gasteiger charge is -2.34. The van der Waals surface area contributed by atoms with E-state index >= 15 is 0 Å². The first kappa shape index (κ1) is 28.1. The van der Waals surface area contributed by atoms with Crippen LogP contribution < -0.4 is 0 Å². The molecular weight excluding hydrogens is 428 g/mol. The van der Waals surface area contributed by atoms with Gasteiger partial charge in [0.2, 0.25) is 0 Å². The van der Waals surface area contributed by atoms with E-state index in [9.17, 15) is 9.00 Å². The number of hydrogen-bond acceptors (Lipinski definition) is 3. The number of rotatable bonds is 5. The minimum absolute atomic E-state index is 0.138. The van der Waals surface area contributed by atoms with E-state index in [-0.39, 0.29) is 11.4 Å². The van der Waals surface area contributed by atoms with Crippen molar-refractivity contribution in [1.82, 2.24) is 0 Å². The van der Waals surface area contributed by atoms with Gasteiger partial charge in [0.15, 0.2) is 0 Å². The maximum absolute atomic E-state index is 13.5. The Balaban J connectivity index is 2.20. The van der Waals surface area contributed by atoms with Crippen LogP contribution in [0.25, 0.3) is 0 Å². The van der Waals surface area contributed by atoms with E-state index in [0.717, 1.165) is 30.6 Å². The van der Waals surface area contributed by atoms with Gasteiger partial charge in [-0.15, -0.1) is 0 Å². The second-order valence-corrected chi connectivity index (χ2v) is 12.8. The molecule has 3 nitrogen and oxygen atoms in total. The second-order valence-electron chi connectivity index (χ2n) is 11.3. The van der Waals surface area contributed by atoms with E-state index in [2.05, 4.69) is 6.92 Å². The highest BCUT2D eigenvalue weighted by Gasteiger charge is 2.36. The van der Waals surface area contributed by atoms with E-state index in [4.69, 9.17) is 4.74 Å². The van der Waals surface area contributed by atoms with Crippen LogP contribution in [0.1, 0.15) is 123 Å². The van der Waals surface area contributed by atoms with Crippen LogP contribution in [0.5, 0.6) is 0 Å².